The van der Waals surface area contributed by atoms with Crippen LogP contribution in [0.25, 0.3) is 11.1 Å². The zero-order valence-corrected chi connectivity index (χ0v) is 16.4. The van der Waals surface area contributed by atoms with Gasteiger partial charge in [-0.05, 0) is 67.9 Å². The van der Waals surface area contributed by atoms with E-state index in [0.29, 0.717) is 17.7 Å². The predicted molar refractivity (Wildman–Crippen MR) is 106 cm³/mol. The average Bonchev–Trinajstić information content (AvgIpc) is 2.69. The first-order valence-electron chi connectivity index (χ1n) is 10.1. The van der Waals surface area contributed by atoms with E-state index >= 15 is 0 Å². The number of rotatable bonds is 7. The Balaban J connectivity index is 1.58. The van der Waals surface area contributed by atoms with Crippen molar-refractivity contribution in [3.05, 3.63) is 41.7 Å². The van der Waals surface area contributed by atoms with E-state index in [0.717, 1.165) is 49.0 Å². The van der Waals surface area contributed by atoms with Crippen molar-refractivity contribution in [2.24, 2.45) is 0 Å². The monoisotopic (exact) mass is 400 g/mol. The van der Waals surface area contributed by atoms with Crippen LogP contribution < -0.4 is 14.2 Å². The number of hydrogen-bond donors (Lipinski definition) is 1. The molecule has 1 aliphatic heterocycles. The summed E-state index contributed by atoms with van der Waals surface area (Å²) in [4.78, 5) is 10.8. The highest BCUT2D eigenvalue weighted by molar-refractivity contribution is 5.70. The molecule has 0 spiro atoms. The van der Waals surface area contributed by atoms with E-state index < -0.39 is 11.8 Å². The lowest BCUT2D eigenvalue weighted by molar-refractivity contribution is -0.137. The molecule has 0 unspecified atom stereocenters. The number of aliphatic carboxylic acids is 1. The molecular weight excluding hydrogens is 375 g/mol. The number of carboxylic acid groups (broad SMARTS) is 1. The molecule has 1 atom stereocenters. The van der Waals surface area contributed by atoms with E-state index in [1.165, 1.54) is 7.11 Å². The van der Waals surface area contributed by atoms with Gasteiger partial charge in [0.2, 0.25) is 0 Å². The maximum absolute atomic E-state index is 15.0. The van der Waals surface area contributed by atoms with Crippen molar-refractivity contribution < 1.29 is 28.5 Å². The molecule has 1 aliphatic carbocycles. The van der Waals surface area contributed by atoms with Crippen molar-refractivity contribution in [1.29, 1.82) is 0 Å². The first-order chi connectivity index (χ1) is 14.0. The van der Waals surface area contributed by atoms with Crippen molar-refractivity contribution in [1.82, 2.24) is 0 Å². The molecule has 0 aromatic heterocycles. The molecule has 5 nitrogen and oxygen atoms in total. The lowest BCUT2D eigenvalue weighted by Gasteiger charge is -2.27. The van der Waals surface area contributed by atoms with Gasteiger partial charge in [-0.25, -0.2) is 4.39 Å². The minimum atomic E-state index is -0.817. The fraction of sp³-hybridized carbons (Fsp3) is 0.435. The number of carboxylic acids is 1. The quantitative estimate of drug-likeness (QED) is 0.709. The summed E-state index contributed by atoms with van der Waals surface area (Å²) in [5.74, 6) is 0.294. The van der Waals surface area contributed by atoms with Gasteiger partial charge in [0.15, 0.2) is 11.6 Å². The normalized spacial score (nSPS) is 18.3. The van der Waals surface area contributed by atoms with Crippen LogP contribution in [0.3, 0.4) is 0 Å². The molecule has 0 amide bonds. The van der Waals surface area contributed by atoms with Crippen LogP contribution in [0, 0.1) is 5.82 Å². The van der Waals surface area contributed by atoms with Crippen LogP contribution in [0.4, 0.5) is 4.39 Å². The van der Waals surface area contributed by atoms with Gasteiger partial charge in [0.1, 0.15) is 11.5 Å². The molecular formula is C23H25FO5. The SMILES string of the molecule is COc1cc(OC2CCC2)cc(-c2ccc3c(c2)CC[C@H](CCC(=O)O)O3)c1F. The number of hydrogen-bond acceptors (Lipinski definition) is 4. The van der Waals surface area contributed by atoms with Crippen molar-refractivity contribution in [2.75, 3.05) is 7.11 Å². The second-order valence-electron chi connectivity index (χ2n) is 7.69. The van der Waals surface area contributed by atoms with Crippen LogP contribution in [0.1, 0.15) is 44.1 Å². The number of ether oxygens (including phenoxy) is 3. The van der Waals surface area contributed by atoms with Crippen LogP contribution in [0.15, 0.2) is 30.3 Å². The summed E-state index contributed by atoms with van der Waals surface area (Å²) in [6.45, 7) is 0. The van der Waals surface area contributed by atoms with E-state index in [-0.39, 0.29) is 24.4 Å². The summed E-state index contributed by atoms with van der Waals surface area (Å²) in [5.41, 5.74) is 2.18. The molecule has 2 aromatic rings. The van der Waals surface area contributed by atoms with Crippen LogP contribution in [-0.4, -0.2) is 30.4 Å². The second-order valence-corrected chi connectivity index (χ2v) is 7.69. The Morgan fingerprint density at radius 1 is 1.24 bits per heavy atom. The molecule has 4 rings (SSSR count). The fourth-order valence-corrected chi connectivity index (χ4v) is 3.78. The highest BCUT2D eigenvalue weighted by atomic mass is 19.1. The summed E-state index contributed by atoms with van der Waals surface area (Å²) in [6.07, 6.45) is 5.40. The van der Waals surface area contributed by atoms with Crippen LogP contribution in [0.5, 0.6) is 17.2 Å². The van der Waals surface area contributed by atoms with Gasteiger partial charge in [-0.1, -0.05) is 6.07 Å². The van der Waals surface area contributed by atoms with E-state index in [9.17, 15) is 9.18 Å². The largest absolute Gasteiger partial charge is 0.494 e. The van der Waals surface area contributed by atoms with Gasteiger partial charge in [0.25, 0.3) is 0 Å². The maximum Gasteiger partial charge on any atom is 0.303 e. The molecule has 2 aromatic carbocycles. The molecule has 0 saturated heterocycles. The Bertz CT molecular complexity index is 906. The van der Waals surface area contributed by atoms with Gasteiger partial charge in [-0.15, -0.1) is 0 Å². The van der Waals surface area contributed by atoms with Gasteiger partial charge in [0, 0.05) is 18.1 Å². The number of aryl methyl sites for hydroxylation is 1. The van der Waals surface area contributed by atoms with Gasteiger partial charge >= 0.3 is 5.97 Å². The Labute approximate surface area is 169 Å². The average molecular weight is 400 g/mol. The van der Waals surface area contributed by atoms with E-state index in [4.69, 9.17) is 19.3 Å². The highest BCUT2D eigenvalue weighted by Crippen LogP contribution is 2.39. The van der Waals surface area contributed by atoms with Gasteiger partial charge < -0.3 is 19.3 Å². The molecule has 6 heteroatoms. The molecule has 29 heavy (non-hydrogen) atoms. The lowest BCUT2D eigenvalue weighted by Crippen LogP contribution is -2.24. The van der Waals surface area contributed by atoms with E-state index in [2.05, 4.69) is 0 Å². The topological polar surface area (TPSA) is 65.0 Å². The third-order valence-electron chi connectivity index (χ3n) is 5.67. The zero-order chi connectivity index (χ0) is 20.4. The summed E-state index contributed by atoms with van der Waals surface area (Å²) < 4.78 is 32.1. The molecule has 1 fully saturated rings. The third kappa shape index (κ3) is 4.31. The standard InChI is InChI=1S/C23H25FO5/c1-27-21-13-18(28-16-3-2-4-16)12-19(23(21)24)14-6-9-20-15(11-14)5-7-17(29-20)8-10-22(25)26/h6,9,11-13,16-17H,2-5,7-8,10H2,1H3,(H,25,26)/t17-/m1/s1. The van der Waals surface area contributed by atoms with Crippen molar-refractivity contribution in [3.63, 3.8) is 0 Å². The highest BCUT2D eigenvalue weighted by Gasteiger charge is 2.24. The number of methoxy groups -OCH3 is 1. The number of fused-ring (bicyclic) bond motifs is 1. The minimum Gasteiger partial charge on any atom is -0.494 e. The molecule has 1 heterocycles. The van der Waals surface area contributed by atoms with Crippen molar-refractivity contribution in [3.8, 4) is 28.4 Å². The molecule has 0 radical (unpaired) electrons. The minimum absolute atomic E-state index is 0.0941. The molecule has 1 N–H and O–H groups in total. The van der Waals surface area contributed by atoms with Gasteiger partial charge in [-0.3, -0.25) is 4.79 Å². The first kappa shape index (κ1) is 19.6. The van der Waals surface area contributed by atoms with Crippen LogP contribution in [0.2, 0.25) is 0 Å². The summed E-state index contributed by atoms with van der Waals surface area (Å²) >= 11 is 0. The van der Waals surface area contributed by atoms with Crippen molar-refractivity contribution >= 4 is 5.97 Å². The summed E-state index contributed by atoms with van der Waals surface area (Å²) in [7, 11) is 1.45. The Hall–Kier alpha value is -2.76. The zero-order valence-electron chi connectivity index (χ0n) is 16.4. The Kier molecular flexibility index (Phi) is 5.60. The van der Waals surface area contributed by atoms with Gasteiger partial charge in [0.05, 0.1) is 19.3 Å². The Morgan fingerprint density at radius 2 is 2.07 bits per heavy atom. The molecule has 154 valence electrons. The summed E-state index contributed by atoms with van der Waals surface area (Å²) in [6, 6.07) is 8.93. The summed E-state index contributed by atoms with van der Waals surface area (Å²) in [5, 5.41) is 8.86. The van der Waals surface area contributed by atoms with Gasteiger partial charge in [-0.2, -0.15) is 0 Å². The van der Waals surface area contributed by atoms with E-state index in [1.54, 1.807) is 12.1 Å². The fourth-order valence-electron chi connectivity index (χ4n) is 3.78. The molecule has 0 bridgehead atoms. The van der Waals surface area contributed by atoms with Crippen LogP contribution in [-0.2, 0) is 11.2 Å². The molecule has 2 aliphatic rings. The molecule has 1 saturated carbocycles. The Morgan fingerprint density at radius 3 is 2.76 bits per heavy atom. The second kappa shape index (κ2) is 8.31. The maximum atomic E-state index is 15.0. The van der Waals surface area contributed by atoms with Crippen LogP contribution >= 0.6 is 0 Å². The number of halogens is 1. The lowest BCUT2D eigenvalue weighted by atomic mass is 9.95. The van der Waals surface area contributed by atoms with Crippen molar-refractivity contribution in [2.45, 2.75) is 57.2 Å². The first-order valence-corrected chi connectivity index (χ1v) is 10.1. The number of carbonyl (C=O) groups is 1. The number of benzene rings is 2. The van der Waals surface area contributed by atoms with E-state index in [1.807, 2.05) is 18.2 Å². The smallest absolute Gasteiger partial charge is 0.303 e. The predicted octanol–water partition coefficient (Wildman–Crippen LogP) is 4.99. The third-order valence-corrected chi connectivity index (χ3v) is 5.67.